The van der Waals surface area contributed by atoms with Gasteiger partial charge in [0.2, 0.25) is 0 Å². The van der Waals surface area contributed by atoms with Crippen LogP contribution in [-0.2, 0) is 15.9 Å². The topological polar surface area (TPSA) is 43.4 Å². The van der Waals surface area contributed by atoms with E-state index in [1.165, 1.54) is 0 Å². The molecule has 1 rings (SSSR count). The number of methoxy groups -OCH3 is 2. The second kappa shape index (κ2) is 6.17. The first-order valence-corrected chi connectivity index (χ1v) is 5.73. The first-order valence-electron chi connectivity index (χ1n) is 4.85. The summed E-state index contributed by atoms with van der Waals surface area (Å²) >= 11 is 1.66. The van der Waals surface area contributed by atoms with Crippen molar-refractivity contribution in [2.75, 3.05) is 21.3 Å². The maximum absolute atomic E-state index is 5.22. The predicted molar refractivity (Wildman–Crippen MR) is 61.2 cm³/mol. The Kier molecular flexibility index (Phi) is 5.17. The Morgan fingerprint density at radius 1 is 1.47 bits per heavy atom. The van der Waals surface area contributed by atoms with Crippen LogP contribution in [0.4, 0.5) is 0 Å². The van der Waals surface area contributed by atoms with Gasteiger partial charge in [0, 0.05) is 26.0 Å². The van der Waals surface area contributed by atoms with E-state index >= 15 is 0 Å². The van der Waals surface area contributed by atoms with Gasteiger partial charge in [-0.25, -0.2) is 4.98 Å². The minimum atomic E-state index is -0.239. The third-order valence-electron chi connectivity index (χ3n) is 2.26. The summed E-state index contributed by atoms with van der Waals surface area (Å²) in [6.07, 6.45) is 0.574. The van der Waals surface area contributed by atoms with Crippen LogP contribution < -0.4 is 5.32 Å². The standard InChI is InChI=1S/C10H18N2O2S/c1-7-12-8(6-15-7)5-9(11-2)10(13-3)14-4/h6,9-11H,5H2,1-4H3. The predicted octanol–water partition coefficient (Wildman–Crippen LogP) is 1.20. The summed E-state index contributed by atoms with van der Waals surface area (Å²) in [5, 5.41) is 6.34. The van der Waals surface area contributed by atoms with Gasteiger partial charge < -0.3 is 14.8 Å². The van der Waals surface area contributed by atoms with Crippen molar-refractivity contribution in [3.63, 3.8) is 0 Å². The molecule has 0 fully saturated rings. The highest BCUT2D eigenvalue weighted by atomic mass is 32.1. The highest BCUT2D eigenvalue weighted by molar-refractivity contribution is 7.09. The van der Waals surface area contributed by atoms with Gasteiger partial charge in [0.25, 0.3) is 0 Å². The number of aromatic nitrogens is 1. The molecule has 4 nitrogen and oxygen atoms in total. The molecule has 0 aliphatic heterocycles. The average Bonchev–Trinajstić information content (AvgIpc) is 2.64. The normalized spacial score (nSPS) is 13.4. The second-order valence-corrected chi connectivity index (χ2v) is 4.36. The van der Waals surface area contributed by atoms with Gasteiger partial charge in [-0.2, -0.15) is 0 Å². The number of thiazole rings is 1. The lowest BCUT2D eigenvalue weighted by Gasteiger charge is -2.23. The highest BCUT2D eigenvalue weighted by Crippen LogP contribution is 2.12. The van der Waals surface area contributed by atoms with Gasteiger partial charge in [-0.15, -0.1) is 11.3 Å². The molecule has 0 bridgehead atoms. The lowest BCUT2D eigenvalue weighted by molar-refractivity contribution is -0.121. The average molecular weight is 230 g/mol. The fraction of sp³-hybridized carbons (Fsp3) is 0.700. The number of rotatable bonds is 6. The first-order chi connectivity index (χ1) is 7.21. The number of hydrogen-bond acceptors (Lipinski definition) is 5. The lowest BCUT2D eigenvalue weighted by atomic mass is 10.1. The molecule has 0 aromatic carbocycles. The van der Waals surface area contributed by atoms with E-state index in [0.29, 0.717) is 0 Å². The van der Waals surface area contributed by atoms with E-state index in [0.717, 1.165) is 17.1 Å². The number of likely N-dealkylation sites (N-methyl/N-ethyl adjacent to an activating group) is 1. The molecular weight excluding hydrogens is 212 g/mol. The molecule has 15 heavy (non-hydrogen) atoms. The van der Waals surface area contributed by atoms with E-state index in [9.17, 15) is 0 Å². The molecule has 1 atom stereocenters. The van der Waals surface area contributed by atoms with E-state index in [1.54, 1.807) is 25.6 Å². The zero-order valence-electron chi connectivity index (χ0n) is 9.61. The van der Waals surface area contributed by atoms with Gasteiger partial charge in [0.1, 0.15) is 0 Å². The molecule has 1 heterocycles. The van der Waals surface area contributed by atoms with Crippen molar-refractivity contribution >= 4 is 11.3 Å². The summed E-state index contributed by atoms with van der Waals surface area (Å²) in [6.45, 7) is 2.01. The smallest absolute Gasteiger partial charge is 0.172 e. The zero-order chi connectivity index (χ0) is 11.3. The summed E-state index contributed by atoms with van der Waals surface area (Å²) in [5.74, 6) is 0. The van der Waals surface area contributed by atoms with E-state index in [2.05, 4.69) is 15.7 Å². The van der Waals surface area contributed by atoms with Crippen LogP contribution in [0.15, 0.2) is 5.38 Å². The van der Waals surface area contributed by atoms with Crippen molar-refractivity contribution in [3.05, 3.63) is 16.1 Å². The molecule has 86 valence electrons. The van der Waals surface area contributed by atoms with Crippen molar-refractivity contribution < 1.29 is 9.47 Å². The number of nitrogens with zero attached hydrogens (tertiary/aromatic N) is 1. The number of ether oxygens (including phenoxy) is 2. The highest BCUT2D eigenvalue weighted by Gasteiger charge is 2.20. The monoisotopic (exact) mass is 230 g/mol. The van der Waals surface area contributed by atoms with Crippen molar-refractivity contribution in [1.29, 1.82) is 0 Å². The van der Waals surface area contributed by atoms with E-state index in [4.69, 9.17) is 9.47 Å². The van der Waals surface area contributed by atoms with Gasteiger partial charge in [-0.05, 0) is 14.0 Å². The zero-order valence-corrected chi connectivity index (χ0v) is 10.4. The fourth-order valence-electron chi connectivity index (χ4n) is 1.49. The molecular formula is C10H18N2O2S. The molecule has 1 unspecified atom stereocenters. The number of nitrogens with one attached hydrogen (secondary N) is 1. The number of hydrogen-bond donors (Lipinski definition) is 1. The first kappa shape index (κ1) is 12.6. The Hall–Kier alpha value is -0.490. The van der Waals surface area contributed by atoms with E-state index < -0.39 is 0 Å². The molecule has 0 saturated carbocycles. The van der Waals surface area contributed by atoms with Gasteiger partial charge >= 0.3 is 0 Å². The lowest BCUT2D eigenvalue weighted by Crippen LogP contribution is -2.41. The van der Waals surface area contributed by atoms with Crippen LogP contribution in [0.1, 0.15) is 10.7 Å². The molecule has 1 aromatic rings. The Balaban J connectivity index is 2.60. The molecule has 0 amide bonds. The van der Waals surface area contributed by atoms with Crippen molar-refractivity contribution in [2.45, 2.75) is 25.7 Å². The molecule has 0 saturated heterocycles. The van der Waals surface area contributed by atoms with Crippen LogP contribution in [0, 0.1) is 6.92 Å². The quantitative estimate of drug-likeness (QED) is 0.746. The maximum Gasteiger partial charge on any atom is 0.172 e. The van der Waals surface area contributed by atoms with Crippen LogP contribution in [0.5, 0.6) is 0 Å². The van der Waals surface area contributed by atoms with E-state index in [1.807, 2.05) is 14.0 Å². The van der Waals surface area contributed by atoms with Crippen LogP contribution in [0.3, 0.4) is 0 Å². The largest absolute Gasteiger partial charge is 0.354 e. The summed E-state index contributed by atoms with van der Waals surface area (Å²) in [7, 11) is 5.19. The summed E-state index contributed by atoms with van der Waals surface area (Å²) in [5.41, 5.74) is 1.08. The molecule has 0 radical (unpaired) electrons. The number of aryl methyl sites for hydroxylation is 1. The Morgan fingerprint density at radius 2 is 2.13 bits per heavy atom. The van der Waals surface area contributed by atoms with Crippen LogP contribution in [0.2, 0.25) is 0 Å². The van der Waals surface area contributed by atoms with Crippen LogP contribution in [0.25, 0.3) is 0 Å². The van der Waals surface area contributed by atoms with Crippen LogP contribution in [-0.4, -0.2) is 38.6 Å². The molecule has 1 N–H and O–H groups in total. The maximum atomic E-state index is 5.22. The molecule has 0 aliphatic rings. The summed E-state index contributed by atoms with van der Waals surface area (Å²) in [4.78, 5) is 4.42. The van der Waals surface area contributed by atoms with Gasteiger partial charge in [-0.1, -0.05) is 0 Å². The summed E-state index contributed by atoms with van der Waals surface area (Å²) in [6, 6.07) is 0.126. The molecule has 5 heteroatoms. The van der Waals surface area contributed by atoms with Gasteiger partial charge in [0.15, 0.2) is 6.29 Å². The van der Waals surface area contributed by atoms with Crippen LogP contribution >= 0.6 is 11.3 Å². The fourth-order valence-corrected chi connectivity index (χ4v) is 2.11. The molecule has 1 aromatic heterocycles. The van der Waals surface area contributed by atoms with Crippen molar-refractivity contribution in [1.82, 2.24) is 10.3 Å². The minimum Gasteiger partial charge on any atom is -0.354 e. The SMILES string of the molecule is CNC(Cc1csc(C)n1)C(OC)OC. The minimum absolute atomic E-state index is 0.126. The van der Waals surface area contributed by atoms with Crippen molar-refractivity contribution in [3.8, 4) is 0 Å². The van der Waals surface area contributed by atoms with Crippen molar-refractivity contribution in [2.24, 2.45) is 0 Å². The third-order valence-corrected chi connectivity index (χ3v) is 3.08. The summed E-state index contributed by atoms with van der Waals surface area (Å²) < 4.78 is 10.4. The molecule has 0 spiro atoms. The van der Waals surface area contributed by atoms with Gasteiger partial charge in [0.05, 0.1) is 16.7 Å². The molecule has 0 aliphatic carbocycles. The Bertz CT molecular complexity index is 287. The van der Waals surface area contributed by atoms with E-state index in [-0.39, 0.29) is 12.3 Å². The third kappa shape index (κ3) is 3.53. The van der Waals surface area contributed by atoms with Gasteiger partial charge in [-0.3, -0.25) is 0 Å². The Labute approximate surface area is 94.6 Å². The Morgan fingerprint density at radius 3 is 2.53 bits per heavy atom. The second-order valence-electron chi connectivity index (χ2n) is 3.30.